The number of nitrogens with zero attached hydrogens (tertiary/aromatic N) is 5. The smallest absolute Gasteiger partial charge is 0.233 e. The Morgan fingerprint density at radius 2 is 2.00 bits per heavy atom. The van der Waals surface area contributed by atoms with Gasteiger partial charge in [0.05, 0.1) is 11.9 Å². The highest BCUT2D eigenvalue weighted by Crippen LogP contribution is 2.24. The van der Waals surface area contributed by atoms with Crippen LogP contribution in [0.25, 0.3) is 5.78 Å². The van der Waals surface area contributed by atoms with E-state index in [0.29, 0.717) is 12.0 Å². The van der Waals surface area contributed by atoms with Crippen molar-refractivity contribution in [1.29, 1.82) is 0 Å². The fourth-order valence-electron chi connectivity index (χ4n) is 4.23. The first-order valence-corrected chi connectivity index (χ1v) is 9.44. The van der Waals surface area contributed by atoms with Gasteiger partial charge in [0.15, 0.2) is 0 Å². The van der Waals surface area contributed by atoms with Gasteiger partial charge in [-0.05, 0) is 37.6 Å². The summed E-state index contributed by atoms with van der Waals surface area (Å²) in [5.41, 5.74) is 2.61. The van der Waals surface area contributed by atoms with E-state index >= 15 is 0 Å². The zero-order valence-electron chi connectivity index (χ0n) is 15.6. The summed E-state index contributed by atoms with van der Waals surface area (Å²) in [6.45, 7) is 6.65. The average Bonchev–Trinajstić information content (AvgIpc) is 3.06. The Hall–Kier alpha value is -2.24. The van der Waals surface area contributed by atoms with Gasteiger partial charge in [0.1, 0.15) is 0 Å². The first kappa shape index (κ1) is 17.2. The van der Waals surface area contributed by atoms with Crippen LogP contribution in [0.1, 0.15) is 24.6 Å². The molecule has 1 aliphatic rings. The monoisotopic (exact) mass is 349 g/mol. The predicted octanol–water partition coefficient (Wildman–Crippen LogP) is 3.07. The number of hydrogen-bond acceptors (Lipinski definition) is 4. The molecule has 3 heterocycles. The van der Waals surface area contributed by atoms with Crippen molar-refractivity contribution in [1.82, 2.24) is 24.2 Å². The number of rotatable bonds is 5. The lowest BCUT2D eigenvalue weighted by atomic mass is 9.92. The zero-order chi connectivity index (χ0) is 17.9. The van der Waals surface area contributed by atoms with Gasteiger partial charge in [0.2, 0.25) is 5.78 Å². The molecular weight excluding hydrogens is 322 g/mol. The summed E-state index contributed by atoms with van der Waals surface area (Å²) in [6.07, 6.45) is 7.00. The average molecular weight is 349 g/mol. The van der Waals surface area contributed by atoms with Gasteiger partial charge in [0, 0.05) is 38.1 Å². The van der Waals surface area contributed by atoms with Gasteiger partial charge in [0.25, 0.3) is 0 Å². The number of aromatic nitrogens is 3. The molecule has 0 N–H and O–H groups in total. The first-order chi connectivity index (χ1) is 12.7. The summed E-state index contributed by atoms with van der Waals surface area (Å²) in [4.78, 5) is 13.8. The molecule has 1 saturated heterocycles. The minimum atomic E-state index is 0.601. The summed E-state index contributed by atoms with van der Waals surface area (Å²) >= 11 is 0. The van der Waals surface area contributed by atoms with Crippen molar-refractivity contribution >= 4 is 5.78 Å². The Balaban J connectivity index is 1.38. The van der Waals surface area contributed by atoms with Crippen LogP contribution in [0.3, 0.4) is 0 Å². The lowest BCUT2D eigenvalue weighted by molar-refractivity contribution is 0.0711. The van der Waals surface area contributed by atoms with Crippen molar-refractivity contribution in [3.05, 3.63) is 66.2 Å². The van der Waals surface area contributed by atoms with E-state index in [1.54, 1.807) is 6.20 Å². The van der Waals surface area contributed by atoms with Gasteiger partial charge in [-0.1, -0.05) is 37.3 Å². The van der Waals surface area contributed by atoms with Gasteiger partial charge in [-0.3, -0.25) is 14.2 Å². The molecule has 136 valence electrons. The predicted molar refractivity (Wildman–Crippen MR) is 104 cm³/mol. The molecule has 1 aromatic carbocycles. The van der Waals surface area contributed by atoms with Crippen LogP contribution in [0.15, 0.2) is 55.0 Å². The number of hydrogen-bond donors (Lipinski definition) is 0. The second-order valence-electron chi connectivity index (χ2n) is 7.51. The molecule has 4 rings (SSSR count). The fourth-order valence-corrected chi connectivity index (χ4v) is 4.23. The molecule has 3 aromatic rings. The van der Waals surface area contributed by atoms with E-state index in [9.17, 15) is 0 Å². The lowest BCUT2D eigenvalue weighted by Crippen LogP contribution is -2.48. The van der Waals surface area contributed by atoms with Crippen LogP contribution in [0.2, 0.25) is 0 Å². The Morgan fingerprint density at radius 3 is 2.81 bits per heavy atom. The molecule has 5 nitrogen and oxygen atoms in total. The highest BCUT2D eigenvalue weighted by molar-refractivity contribution is 5.30. The van der Waals surface area contributed by atoms with Crippen LogP contribution in [0.5, 0.6) is 0 Å². The van der Waals surface area contributed by atoms with E-state index in [1.165, 1.54) is 17.7 Å². The number of likely N-dealkylation sites (tertiary alicyclic amines) is 1. The third kappa shape index (κ3) is 3.64. The van der Waals surface area contributed by atoms with Crippen LogP contribution in [-0.4, -0.2) is 50.3 Å². The molecule has 2 atom stereocenters. The first-order valence-electron chi connectivity index (χ1n) is 9.44. The molecule has 1 aliphatic heterocycles. The van der Waals surface area contributed by atoms with Crippen LogP contribution in [-0.2, 0) is 13.1 Å². The number of piperidine rings is 1. The third-order valence-electron chi connectivity index (χ3n) is 5.54. The number of benzene rings is 1. The standard InChI is InChI=1S/C21H27N5/c1-17-14-25(15-18-7-4-3-5-8-18)12-9-20(17)24(2)16-19-13-23-21-22-10-6-11-26(19)21/h3-8,10-11,13,17,20H,9,12,14-16H2,1-2H3. The van der Waals surface area contributed by atoms with Crippen LogP contribution in [0, 0.1) is 5.92 Å². The number of fused-ring (bicyclic) bond motifs is 1. The normalized spacial score (nSPS) is 21.5. The van der Waals surface area contributed by atoms with Crippen LogP contribution >= 0.6 is 0 Å². The van der Waals surface area contributed by atoms with Crippen molar-refractivity contribution in [3.63, 3.8) is 0 Å². The molecule has 26 heavy (non-hydrogen) atoms. The van der Waals surface area contributed by atoms with E-state index in [2.05, 4.69) is 68.5 Å². The molecule has 0 amide bonds. The quantitative estimate of drug-likeness (QED) is 0.709. The Bertz CT molecular complexity index is 844. The molecule has 0 saturated carbocycles. The summed E-state index contributed by atoms with van der Waals surface area (Å²) in [5, 5.41) is 0. The molecular formula is C21H27N5. The lowest BCUT2D eigenvalue weighted by Gasteiger charge is -2.41. The minimum absolute atomic E-state index is 0.601. The molecule has 0 spiro atoms. The van der Waals surface area contributed by atoms with E-state index < -0.39 is 0 Å². The van der Waals surface area contributed by atoms with Crippen molar-refractivity contribution in [2.24, 2.45) is 5.92 Å². The zero-order valence-corrected chi connectivity index (χ0v) is 15.6. The van der Waals surface area contributed by atoms with Crippen LogP contribution in [0.4, 0.5) is 0 Å². The van der Waals surface area contributed by atoms with E-state index in [-0.39, 0.29) is 0 Å². The van der Waals surface area contributed by atoms with Crippen molar-refractivity contribution < 1.29 is 0 Å². The Morgan fingerprint density at radius 1 is 1.15 bits per heavy atom. The molecule has 1 fully saturated rings. The van der Waals surface area contributed by atoms with Gasteiger partial charge in [-0.25, -0.2) is 9.97 Å². The minimum Gasteiger partial charge on any atom is -0.299 e. The van der Waals surface area contributed by atoms with Crippen molar-refractivity contribution in [2.45, 2.75) is 32.5 Å². The summed E-state index contributed by atoms with van der Waals surface area (Å²) in [7, 11) is 2.24. The molecule has 2 aromatic heterocycles. The maximum absolute atomic E-state index is 4.41. The summed E-state index contributed by atoms with van der Waals surface area (Å²) in [5.74, 6) is 1.43. The SMILES string of the molecule is CC1CN(Cc2ccccc2)CCC1N(C)Cc1cnc2ncccn12. The summed E-state index contributed by atoms with van der Waals surface area (Å²) in [6, 6.07) is 13.4. The third-order valence-corrected chi connectivity index (χ3v) is 5.54. The fraction of sp³-hybridized carbons (Fsp3) is 0.429. The Kier molecular flexibility index (Phi) is 5.00. The second kappa shape index (κ2) is 7.56. The summed E-state index contributed by atoms with van der Waals surface area (Å²) < 4.78 is 2.09. The molecule has 0 bridgehead atoms. The largest absolute Gasteiger partial charge is 0.299 e. The maximum Gasteiger partial charge on any atom is 0.233 e. The highest BCUT2D eigenvalue weighted by atomic mass is 15.2. The van der Waals surface area contributed by atoms with E-state index in [0.717, 1.165) is 32.0 Å². The highest BCUT2D eigenvalue weighted by Gasteiger charge is 2.29. The van der Waals surface area contributed by atoms with Crippen molar-refractivity contribution in [3.8, 4) is 0 Å². The molecule has 2 unspecified atom stereocenters. The van der Waals surface area contributed by atoms with Gasteiger partial charge < -0.3 is 0 Å². The van der Waals surface area contributed by atoms with Crippen LogP contribution < -0.4 is 0 Å². The molecule has 0 radical (unpaired) electrons. The van der Waals surface area contributed by atoms with Gasteiger partial charge >= 0.3 is 0 Å². The van der Waals surface area contributed by atoms with E-state index in [1.807, 2.05) is 18.5 Å². The van der Waals surface area contributed by atoms with Gasteiger partial charge in [-0.15, -0.1) is 0 Å². The van der Waals surface area contributed by atoms with Gasteiger partial charge in [-0.2, -0.15) is 0 Å². The second-order valence-corrected chi connectivity index (χ2v) is 7.51. The molecule has 0 aliphatic carbocycles. The molecule has 5 heteroatoms. The van der Waals surface area contributed by atoms with Crippen molar-refractivity contribution in [2.75, 3.05) is 20.1 Å². The number of imidazole rings is 1. The van der Waals surface area contributed by atoms with E-state index in [4.69, 9.17) is 0 Å². The Labute approximate surface area is 155 Å². The topological polar surface area (TPSA) is 36.7 Å². The maximum atomic E-state index is 4.41.